The first-order valence-corrected chi connectivity index (χ1v) is 28.1. The molecule has 0 unspecified atom stereocenters. The van der Waals surface area contributed by atoms with Crippen LogP contribution >= 0.6 is 0 Å². The largest absolute Gasteiger partial charge is 0.514 e. The zero-order chi connectivity index (χ0) is 56.5. The third-order valence-electron chi connectivity index (χ3n) is 15.3. The first-order valence-electron chi connectivity index (χ1n) is 28.1. The summed E-state index contributed by atoms with van der Waals surface area (Å²) in [5.74, 6) is 2.60. The molecule has 0 heterocycles. The smallest absolute Gasteiger partial charge is 0.428 e. The van der Waals surface area contributed by atoms with E-state index in [9.17, 15) is 19.2 Å². The summed E-state index contributed by atoms with van der Waals surface area (Å²) in [5, 5.41) is 0. The monoisotopic (exact) mass is 1060 g/mol. The van der Waals surface area contributed by atoms with E-state index in [2.05, 4.69) is 62.4 Å². The second-order valence-corrected chi connectivity index (χ2v) is 25.5. The van der Waals surface area contributed by atoms with E-state index in [0.717, 1.165) is 99.3 Å². The fourth-order valence-corrected chi connectivity index (χ4v) is 12.0. The summed E-state index contributed by atoms with van der Waals surface area (Å²) < 4.78 is 44.4. The Kier molecular flexibility index (Phi) is 19.3. The number of hydrogen-bond acceptors (Lipinski definition) is 12. The van der Waals surface area contributed by atoms with Gasteiger partial charge in [-0.15, -0.1) is 0 Å². The molecule has 0 aliphatic heterocycles. The molecule has 77 heavy (non-hydrogen) atoms. The molecule has 4 aromatic rings. The van der Waals surface area contributed by atoms with Crippen LogP contribution in [0.15, 0.2) is 97.1 Å². The number of carbonyl (C=O) groups excluding carboxylic acids is 4. The summed E-state index contributed by atoms with van der Waals surface area (Å²) in [6.07, 6.45) is 11.6. The van der Waals surface area contributed by atoms with E-state index in [1.165, 1.54) is 12.8 Å². The molecule has 0 spiro atoms. The summed E-state index contributed by atoms with van der Waals surface area (Å²) >= 11 is 0. The Morgan fingerprint density at radius 1 is 0.377 bits per heavy atom. The molecule has 2 aliphatic carbocycles. The van der Waals surface area contributed by atoms with E-state index in [1.807, 2.05) is 132 Å². The first kappa shape index (κ1) is 60.2. The highest BCUT2D eigenvalue weighted by atomic mass is 16.7. The third-order valence-corrected chi connectivity index (χ3v) is 15.3. The van der Waals surface area contributed by atoms with Gasteiger partial charge in [0.1, 0.15) is 45.4 Å². The summed E-state index contributed by atoms with van der Waals surface area (Å²) in [7, 11) is 0. The van der Waals surface area contributed by atoms with Gasteiger partial charge in [-0.1, -0.05) is 88.1 Å². The topological polar surface area (TPSA) is 142 Å². The van der Waals surface area contributed by atoms with E-state index in [-0.39, 0.29) is 16.2 Å². The van der Waals surface area contributed by atoms with Crippen molar-refractivity contribution in [2.75, 3.05) is 0 Å². The molecule has 6 rings (SSSR count). The predicted octanol–water partition coefficient (Wildman–Crippen LogP) is 18.0. The van der Waals surface area contributed by atoms with Crippen LogP contribution in [-0.2, 0) is 29.8 Å². The van der Waals surface area contributed by atoms with Crippen LogP contribution in [0.2, 0.25) is 0 Å². The molecular weight excluding hydrogens is 973 g/mol. The first-order chi connectivity index (χ1) is 36.1. The van der Waals surface area contributed by atoms with E-state index >= 15 is 0 Å². The van der Waals surface area contributed by atoms with Crippen molar-refractivity contribution in [1.29, 1.82) is 0 Å². The molecule has 0 amide bonds. The van der Waals surface area contributed by atoms with E-state index in [1.54, 1.807) is 0 Å². The van der Waals surface area contributed by atoms with Crippen LogP contribution < -0.4 is 18.9 Å². The molecule has 0 atom stereocenters. The number of carbonyl (C=O) groups is 4. The van der Waals surface area contributed by atoms with Gasteiger partial charge in [-0.2, -0.15) is 0 Å². The van der Waals surface area contributed by atoms with E-state index in [0.29, 0.717) is 34.8 Å². The molecule has 4 aromatic carbocycles. The zero-order valence-electron chi connectivity index (χ0n) is 48.7. The summed E-state index contributed by atoms with van der Waals surface area (Å²) in [4.78, 5) is 50.8. The molecular formula is C65H88O12. The lowest BCUT2D eigenvalue weighted by Gasteiger charge is -2.55. The van der Waals surface area contributed by atoms with Gasteiger partial charge in [0.15, 0.2) is 0 Å². The van der Waals surface area contributed by atoms with Crippen molar-refractivity contribution in [2.45, 2.75) is 220 Å². The van der Waals surface area contributed by atoms with Gasteiger partial charge in [0.2, 0.25) is 0 Å². The van der Waals surface area contributed by atoms with Gasteiger partial charge in [0.05, 0.1) is 0 Å². The Bertz CT molecular complexity index is 2220. The van der Waals surface area contributed by atoms with E-state index in [4.69, 9.17) is 37.9 Å². The molecule has 0 bridgehead atoms. The SMILES string of the molecule is CCCCC(CCCC)(C1CCC(c2ccc(OC(=O)OC(C)(C)C)cc2)(c2ccc(OC(=O)OC(C)(C)C)cc2)CC1)C1CCC(c2ccc(OC(=O)OC(C)(C)C)cc2)(c2ccc(OC(=O)OC(C)(C)C)cc2)CC1. The van der Waals surface area contributed by atoms with Gasteiger partial charge in [-0.3, -0.25) is 0 Å². The highest BCUT2D eigenvalue weighted by Gasteiger charge is 2.51. The second kappa shape index (κ2) is 24.7. The molecule has 0 aromatic heterocycles. The minimum atomic E-state index is -0.748. The van der Waals surface area contributed by atoms with Crippen molar-refractivity contribution in [3.05, 3.63) is 119 Å². The fraction of sp³-hybridized carbons (Fsp3) is 0.569. The molecule has 0 radical (unpaired) electrons. The normalized spacial score (nSPS) is 16.4. The number of unbranched alkanes of at least 4 members (excludes halogenated alkanes) is 2. The van der Waals surface area contributed by atoms with Gasteiger partial charge in [0.25, 0.3) is 0 Å². The van der Waals surface area contributed by atoms with Crippen LogP contribution in [0.4, 0.5) is 19.2 Å². The molecule has 0 saturated heterocycles. The van der Waals surface area contributed by atoms with Crippen molar-refractivity contribution in [3.8, 4) is 23.0 Å². The van der Waals surface area contributed by atoms with Crippen LogP contribution in [0.3, 0.4) is 0 Å². The van der Waals surface area contributed by atoms with Crippen molar-refractivity contribution >= 4 is 24.6 Å². The average molecular weight is 1060 g/mol. The average Bonchev–Trinajstić information content (AvgIpc) is 3.38. The van der Waals surface area contributed by atoms with Crippen LogP contribution in [0.5, 0.6) is 23.0 Å². The van der Waals surface area contributed by atoms with Gasteiger partial charge in [0, 0.05) is 10.8 Å². The maximum atomic E-state index is 12.7. The number of benzene rings is 4. The maximum Gasteiger partial charge on any atom is 0.514 e. The number of hydrogen-bond donors (Lipinski definition) is 0. The minimum absolute atomic E-state index is 0.108. The standard InChI is InChI=1S/C65H88O12/c1-15-17-39-63(40-18-16-2,49-35-41-64(42-36-49,45-19-27-51(28-20-45)70-55(66)74-59(3,4)5)46-21-29-52(30-22-46)71-56(67)75-60(6,7)8)50-37-43-65(44-38-50,47-23-31-53(32-24-47)72-57(68)76-61(9,10)11)48-25-33-54(34-26-48)73-58(69)77-62(12,13)14/h19-34,49-50H,15-18,35-44H2,1-14H3. The predicted molar refractivity (Wildman–Crippen MR) is 300 cm³/mol. The van der Waals surface area contributed by atoms with Crippen LogP contribution in [0.1, 0.15) is 209 Å². The number of ether oxygens (including phenoxy) is 8. The molecule has 0 N–H and O–H groups in total. The molecule has 420 valence electrons. The molecule has 12 nitrogen and oxygen atoms in total. The highest BCUT2D eigenvalue weighted by molar-refractivity contribution is 5.66. The van der Waals surface area contributed by atoms with Crippen molar-refractivity contribution in [1.82, 2.24) is 0 Å². The second-order valence-electron chi connectivity index (χ2n) is 25.5. The van der Waals surface area contributed by atoms with Crippen molar-refractivity contribution in [3.63, 3.8) is 0 Å². The van der Waals surface area contributed by atoms with Crippen LogP contribution in [0.25, 0.3) is 0 Å². The summed E-state index contributed by atoms with van der Waals surface area (Å²) in [5.41, 5.74) is 1.15. The molecule has 2 fully saturated rings. The quantitative estimate of drug-likeness (QED) is 0.0599. The Morgan fingerprint density at radius 2 is 0.584 bits per heavy atom. The lowest BCUT2D eigenvalue weighted by Crippen LogP contribution is -2.46. The highest BCUT2D eigenvalue weighted by Crippen LogP contribution is 2.61. The third kappa shape index (κ3) is 16.5. The van der Waals surface area contributed by atoms with Gasteiger partial charge >= 0.3 is 24.6 Å². The van der Waals surface area contributed by atoms with Gasteiger partial charge < -0.3 is 37.9 Å². The number of rotatable bonds is 16. The lowest BCUT2D eigenvalue weighted by atomic mass is 9.50. The summed E-state index contributed by atoms with van der Waals surface area (Å²) in [6.45, 7) is 26.3. The molecule has 12 heteroatoms. The fourth-order valence-electron chi connectivity index (χ4n) is 12.0. The Labute approximate surface area is 459 Å². The summed E-state index contributed by atoms with van der Waals surface area (Å²) in [6, 6.07) is 31.5. The lowest BCUT2D eigenvalue weighted by molar-refractivity contribution is -0.0142. The zero-order valence-corrected chi connectivity index (χ0v) is 48.7. The Balaban J connectivity index is 1.33. The van der Waals surface area contributed by atoms with Gasteiger partial charge in [-0.05, 0) is 235 Å². The Morgan fingerprint density at radius 3 is 0.766 bits per heavy atom. The molecule has 2 aliphatic rings. The minimum Gasteiger partial charge on any atom is -0.428 e. The van der Waals surface area contributed by atoms with Crippen LogP contribution in [0, 0.1) is 17.3 Å². The van der Waals surface area contributed by atoms with Crippen LogP contribution in [-0.4, -0.2) is 47.0 Å². The van der Waals surface area contributed by atoms with Crippen molar-refractivity contribution in [2.24, 2.45) is 17.3 Å². The van der Waals surface area contributed by atoms with Gasteiger partial charge in [-0.25, -0.2) is 19.2 Å². The van der Waals surface area contributed by atoms with Crippen molar-refractivity contribution < 1.29 is 57.1 Å². The maximum absolute atomic E-state index is 12.7. The molecule has 2 saturated carbocycles. The van der Waals surface area contributed by atoms with E-state index < -0.39 is 47.0 Å². The Hall–Kier alpha value is -6.04.